The van der Waals surface area contributed by atoms with Crippen molar-refractivity contribution < 1.29 is 38.9 Å². The predicted molar refractivity (Wildman–Crippen MR) is 252 cm³/mol. The van der Waals surface area contributed by atoms with Gasteiger partial charge >= 0.3 is 11.9 Å². The van der Waals surface area contributed by atoms with Gasteiger partial charge in [0.25, 0.3) is 0 Å². The van der Waals surface area contributed by atoms with E-state index in [1.807, 2.05) is 58.0 Å². The van der Waals surface area contributed by atoms with Crippen LogP contribution in [-0.2, 0) is 38.8 Å². The molecule has 6 N–H and O–H groups in total. The Kier molecular flexibility index (Phi) is 19.2. The highest BCUT2D eigenvalue weighted by Crippen LogP contribution is 2.38. The van der Waals surface area contributed by atoms with Crippen molar-refractivity contribution in [2.45, 2.75) is 65.8 Å². The molecule has 1 atom stereocenters. The van der Waals surface area contributed by atoms with Crippen molar-refractivity contribution in [3.63, 3.8) is 0 Å². The van der Waals surface area contributed by atoms with Gasteiger partial charge in [-0.15, -0.1) is 0 Å². The highest BCUT2D eigenvalue weighted by Gasteiger charge is 2.22. The Labute approximate surface area is 391 Å². The van der Waals surface area contributed by atoms with E-state index >= 15 is 0 Å². The predicted octanol–water partition coefficient (Wildman–Crippen LogP) is 11.5. The fourth-order valence-electron chi connectivity index (χ4n) is 6.01. The molecule has 5 rings (SSSR count). The second kappa shape index (κ2) is 24.0. The van der Waals surface area contributed by atoms with Crippen molar-refractivity contribution >= 4 is 107 Å². The van der Waals surface area contributed by atoms with Crippen LogP contribution < -0.4 is 30.7 Å². The molecular formula is C45H45Br2Cl3N4O8. The summed E-state index contributed by atoms with van der Waals surface area (Å²) in [7, 11) is 0. The summed E-state index contributed by atoms with van der Waals surface area (Å²) in [5.41, 5.74) is 6.36. The molecule has 0 aliphatic heterocycles. The van der Waals surface area contributed by atoms with Gasteiger partial charge in [-0.25, -0.2) is 4.79 Å². The van der Waals surface area contributed by atoms with Crippen LogP contribution in [0, 0.1) is 6.92 Å². The molecule has 12 nitrogen and oxygen atoms in total. The van der Waals surface area contributed by atoms with Crippen LogP contribution in [0.15, 0.2) is 99.9 Å². The van der Waals surface area contributed by atoms with E-state index in [0.717, 1.165) is 34.6 Å². The minimum absolute atomic E-state index is 0.0831. The van der Waals surface area contributed by atoms with E-state index < -0.39 is 36.2 Å². The molecule has 0 radical (unpaired) electrons. The molecule has 0 heterocycles. The smallest absolute Gasteiger partial charge is 0.330 e. The molecule has 328 valence electrons. The lowest BCUT2D eigenvalue weighted by atomic mass is 10.1. The molecule has 2 amide bonds. The molecule has 0 fully saturated rings. The van der Waals surface area contributed by atoms with Gasteiger partial charge in [0.2, 0.25) is 11.8 Å². The maximum atomic E-state index is 12.5. The number of anilines is 3. The normalized spacial score (nSPS) is 11.1. The van der Waals surface area contributed by atoms with Crippen molar-refractivity contribution in [1.82, 2.24) is 5.32 Å². The number of aryl methyl sites for hydroxylation is 1. The van der Waals surface area contributed by atoms with Gasteiger partial charge in [0, 0.05) is 34.7 Å². The second-order valence-electron chi connectivity index (χ2n) is 14.2. The van der Waals surface area contributed by atoms with Crippen LogP contribution in [0.4, 0.5) is 17.1 Å². The highest BCUT2D eigenvalue weighted by molar-refractivity contribution is 9.11. The Morgan fingerprint density at radius 1 is 0.710 bits per heavy atom. The molecule has 0 aliphatic carbocycles. The number of hydrogen-bond acceptors (Lipinski definition) is 8. The van der Waals surface area contributed by atoms with E-state index in [2.05, 4.69) is 59.2 Å². The third-order valence-corrected chi connectivity index (χ3v) is 10.4. The Balaban J connectivity index is 0.000000278. The number of aliphatic carboxylic acids is 2. The number of benzene rings is 5. The SMILES string of the molecule is CC(C)Nc1cc(Cl)cc(COc2c(Br)cc(NC(=O)CC(=O)O)cc2Br)c1.CCNc1cc(C)cc(COc2c(Cl)cc(CC(=O)N[C@H](C(=O)O)c3ccccc3)cc2Cl)c1. The van der Waals surface area contributed by atoms with Crippen molar-refractivity contribution in [1.29, 1.82) is 0 Å². The van der Waals surface area contributed by atoms with Gasteiger partial charge in [0.1, 0.15) is 25.4 Å². The zero-order valence-corrected chi connectivity index (χ0v) is 39.5. The average Bonchev–Trinajstić information content (AvgIpc) is 3.16. The third kappa shape index (κ3) is 16.0. The maximum Gasteiger partial charge on any atom is 0.330 e. The molecule has 0 aromatic heterocycles. The van der Waals surface area contributed by atoms with Crippen molar-refractivity contribution in [3.05, 3.63) is 143 Å². The first-order valence-electron chi connectivity index (χ1n) is 19.1. The summed E-state index contributed by atoms with van der Waals surface area (Å²) in [5, 5.41) is 31.0. The molecule has 0 spiro atoms. The van der Waals surface area contributed by atoms with Crippen LogP contribution >= 0.6 is 66.7 Å². The number of carbonyl (C=O) groups is 4. The molecule has 0 saturated carbocycles. The molecule has 0 saturated heterocycles. The second-order valence-corrected chi connectivity index (χ2v) is 17.1. The molecule has 62 heavy (non-hydrogen) atoms. The summed E-state index contributed by atoms with van der Waals surface area (Å²) in [5.74, 6) is -2.53. The summed E-state index contributed by atoms with van der Waals surface area (Å²) >= 11 is 25.8. The average molecular weight is 1040 g/mol. The van der Waals surface area contributed by atoms with Crippen molar-refractivity contribution in [2.75, 3.05) is 22.5 Å². The van der Waals surface area contributed by atoms with Gasteiger partial charge in [0.15, 0.2) is 11.8 Å². The molecule has 17 heteroatoms. The topological polar surface area (TPSA) is 175 Å². The molecular weight excluding hydrogens is 991 g/mol. The minimum atomic E-state index is -1.19. The zero-order chi connectivity index (χ0) is 45.5. The standard InChI is InChI=1S/C26H26Cl2N2O4.C19H19Br2ClN2O4/c1-3-29-20-10-16(2)9-18(11-20)15-34-25-21(27)12-17(13-22(25)28)14-23(31)30-24(26(32)33)19-7-5-4-6-8-19;1-10(2)23-13-4-11(3-12(22)5-13)9-28-19-15(20)6-14(7-16(19)21)24-17(25)8-18(26)27/h4-13,24,29H,3,14-15H2,1-2H3,(H,30,31)(H,32,33);3-7,10,23H,8-9H2,1-2H3,(H,24,25)(H,26,27)/t24-;/m0./s1. The van der Waals surface area contributed by atoms with Crippen LogP contribution in [0.25, 0.3) is 0 Å². The lowest BCUT2D eigenvalue weighted by Gasteiger charge is -2.16. The van der Waals surface area contributed by atoms with E-state index in [4.69, 9.17) is 49.4 Å². The monoisotopic (exact) mass is 1030 g/mol. The molecule has 0 unspecified atom stereocenters. The van der Waals surface area contributed by atoms with Crippen LogP contribution in [0.2, 0.25) is 15.1 Å². The summed E-state index contributed by atoms with van der Waals surface area (Å²) < 4.78 is 13.0. The number of halogens is 5. The van der Waals surface area contributed by atoms with Crippen molar-refractivity contribution in [2.24, 2.45) is 0 Å². The Hall–Kier alpha value is -4.99. The molecule has 5 aromatic carbocycles. The summed E-state index contributed by atoms with van der Waals surface area (Å²) in [6.45, 7) is 9.51. The Morgan fingerprint density at radius 3 is 1.89 bits per heavy atom. The Bertz CT molecular complexity index is 2340. The first-order chi connectivity index (χ1) is 29.4. The molecule has 0 aliphatic rings. The quantitative estimate of drug-likeness (QED) is 0.0463. The number of rotatable bonds is 18. The first kappa shape index (κ1) is 49.7. The summed E-state index contributed by atoms with van der Waals surface area (Å²) in [6.07, 6.45) is -0.685. The molecule has 0 bridgehead atoms. The number of ether oxygens (including phenoxy) is 2. The van der Waals surface area contributed by atoms with E-state index in [-0.39, 0.29) is 35.7 Å². The van der Waals surface area contributed by atoms with Gasteiger partial charge in [-0.05, 0) is 142 Å². The summed E-state index contributed by atoms with van der Waals surface area (Å²) in [4.78, 5) is 46.4. The van der Waals surface area contributed by atoms with Gasteiger partial charge in [-0.1, -0.05) is 71.2 Å². The summed E-state index contributed by atoms with van der Waals surface area (Å²) in [6, 6.07) is 25.8. The fourth-order valence-corrected chi connectivity index (χ4v) is 8.32. The van der Waals surface area contributed by atoms with Crippen LogP contribution in [0.1, 0.15) is 61.1 Å². The van der Waals surface area contributed by atoms with E-state index in [1.54, 1.807) is 54.6 Å². The van der Waals surface area contributed by atoms with Gasteiger partial charge in [-0.3, -0.25) is 14.4 Å². The maximum absolute atomic E-state index is 12.5. The lowest BCUT2D eigenvalue weighted by Crippen LogP contribution is -2.34. The number of amides is 2. The highest BCUT2D eigenvalue weighted by atomic mass is 79.9. The minimum Gasteiger partial charge on any atom is -0.487 e. The van der Waals surface area contributed by atoms with Crippen LogP contribution in [0.5, 0.6) is 11.5 Å². The Morgan fingerprint density at radius 2 is 1.31 bits per heavy atom. The van der Waals surface area contributed by atoms with Gasteiger partial charge in [-0.2, -0.15) is 0 Å². The third-order valence-electron chi connectivity index (χ3n) is 8.40. The number of hydrogen-bond donors (Lipinski definition) is 6. The van der Waals surface area contributed by atoms with E-state index in [9.17, 15) is 24.3 Å². The van der Waals surface area contributed by atoms with Crippen LogP contribution in [-0.4, -0.2) is 46.6 Å². The van der Waals surface area contributed by atoms with Gasteiger partial charge < -0.3 is 41.0 Å². The number of nitrogens with one attached hydrogen (secondary N) is 4. The van der Waals surface area contributed by atoms with Crippen molar-refractivity contribution in [3.8, 4) is 11.5 Å². The lowest BCUT2D eigenvalue weighted by molar-refractivity contribution is -0.142. The number of carbonyl (C=O) groups excluding carboxylic acids is 2. The van der Waals surface area contributed by atoms with Gasteiger partial charge in [0.05, 0.1) is 25.4 Å². The first-order valence-corrected chi connectivity index (χ1v) is 21.8. The number of carboxylic acids is 2. The van der Waals surface area contributed by atoms with E-state index in [1.165, 1.54) is 0 Å². The van der Waals surface area contributed by atoms with E-state index in [0.29, 0.717) is 42.3 Å². The fraction of sp³-hybridized carbons (Fsp3) is 0.244. The molecule has 5 aromatic rings. The number of carboxylic acid groups (broad SMARTS) is 2. The zero-order valence-electron chi connectivity index (χ0n) is 34.1. The largest absolute Gasteiger partial charge is 0.487 e. The van der Waals surface area contributed by atoms with Crippen LogP contribution in [0.3, 0.4) is 0 Å².